The van der Waals surface area contributed by atoms with Gasteiger partial charge >= 0.3 is 14.6 Å². The lowest BCUT2D eigenvalue weighted by Crippen LogP contribution is -2.07. The van der Waals surface area contributed by atoms with Gasteiger partial charge in [0.1, 0.15) is 0 Å². The molecule has 0 saturated carbocycles. The molecule has 0 bridgehead atoms. The summed E-state index contributed by atoms with van der Waals surface area (Å²) >= 11 is 0. The highest BCUT2D eigenvalue weighted by molar-refractivity contribution is 6.30. The monoisotopic (exact) mass is 175 g/mol. The van der Waals surface area contributed by atoms with Crippen molar-refractivity contribution in [1.82, 2.24) is 18.5 Å². The zero-order valence-corrected chi connectivity index (χ0v) is 5.96. The van der Waals surface area contributed by atoms with E-state index in [-0.39, 0.29) is 18.5 Å². The highest BCUT2D eigenvalue weighted by Crippen LogP contribution is 1.40. The molecule has 0 aromatic carbocycles. The van der Waals surface area contributed by atoms with Gasteiger partial charge in [-0.1, -0.05) is 0 Å². The minimum atomic E-state index is -2.17. The van der Waals surface area contributed by atoms with Gasteiger partial charge in [0, 0.05) is 0 Å². The molecule has 0 unspecified atom stereocenters. The van der Waals surface area contributed by atoms with Crippen LogP contribution in [0.25, 0.3) is 0 Å². The van der Waals surface area contributed by atoms with Crippen molar-refractivity contribution in [2.45, 2.75) is 0 Å². The van der Waals surface area contributed by atoms with Crippen molar-refractivity contribution < 1.29 is 30.1 Å². The van der Waals surface area contributed by atoms with Crippen LogP contribution < -0.4 is 18.5 Å². The predicted octanol–water partition coefficient (Wildman–Crippen LogP) is -3.62. The molecule has 0 fully saturated rings. The average Bonchev–Trinajstić information content (AvgIpc) is 1.25. The standard InChI is InChI=1S/2BH3O3.3H3N/c2*2-1(3)4;;;/h2*2-4H;3*1H3. The smallest absolute Gasteiger partial charge is 0.402 e. The van der Waals surface area contributed by atoms with Crippen molar-refractivity contribution in [2.75, 3.05) is 0 Å². The first-order chi connectivity index (χ1) is 3.46. The first kappa shape index (κ1) is 30.9. The van der Waals surface area contributed by atoms with Gasteiger partial charge in [-0.05, 0) is 0 Å². The van der Waals surface area contributed by atoms with Crippen molar-refractivity contribution in [3.8, 4) is 0 Å². The van der Waals surface area contributed by atoms with Crippen LogP contribution in [-0.4, -0.2) is 44.8 Å². The Hall–Kier alpha value is -0.230. The van der Waals surface area contributed by atoms with Crippen LogP contribution in [0.1, 0.15) is 0 Å². The Labute approximate surface area is 64.4 Å². The summed E-state index contributed by atoms with van der Waals surface area (Å²) < 4.78 is 0. The van der Waals surface area contributed by atoms with Gasteiger partial charge < -0.3 is 48.6 Å². The topological polar surface area (TPSA) is 226 Å². The number of hydrogen-bond donors (Lipinski definition) is 9. The van der Waals surface area contributed by atoms with Crippen molar-refractivity contribution in [2.24, 2.45) is 0 Å². The van der Waals surface area contributed by atoms with E-state index in [0.29, 0.717) is 0 Å². The summed E-state index contributed by atoms with van der Waals surface area (Å²) in [5.74, 6) is 0. The first-order valence-corrected chi connectivity index (χ1v) is 1.55. The fraction of sp³-hybridized carbons (Fsp3) is 0. The van der Waals surface area contributed by atoms with Gasteiger partial charge in [0.2, 0.25) is 0 Å². The SMILES string of the molecule is N.N.N.OB(O)O.OB(O)O. The Bertz CT molecular complexity index is 31.3. The molecule has 0 aromatic rings. The Morgan fingerprint density at radius 1 is 0.455 bits per heavy atom. The van der Waals surface area contributed by atoms with Gasteiger partial charge in [-0.3, -0.25) is 0 Å². The normalized spacial score (nSPS) is 4.91. The quantitative estimate of drug-likeness (QED) is 0.165. The van der Waals surface area contributed by atoms with Crippen LogP contribution in [0.15, 0.2) is 0 Å². The minimum Gasteiger partial charge on any atom is -0.402 e. The van der Waals surface area contributed by atoms with E-state index >= 15 is 0 Å². The fourth-order valence-corrected chi connectivity index (χ4v) is 0. The molecule has 0 aliphatic rings. The van der Waals surface area contributed by atoms with Gasteiger partial charge in [0.15, 0.2) is 0 Å². The molecule has 0 heterocycles. The fourth-order valence-electron chi connectivity index (χ4n) is 0. The number of rotatable bonds is 0. The second kappa shape index (κ2) is 22.6. The lowest BCUT2D eigenvalue weighted by molar-refractivity contribution is 0.276. The second-order valence-electron chi connectivity index (χ2n) is 0.693. The van der Waals surface area contributed by atoms with Crippen LogP contribution in [0.5, 0.6) is 0 Å². The number of hydrogen-bond acceptors (Lipinski definition) is 9. The lowest BCUT2D eigenvalue weighted by atomic mass is 10.3. The molecule has 11 heteroatoms. The molecule has 0 aliphatic carbocycles. The summed E-state index contributed by atoms with van der Waals surface area (Å²) in [5, 5.41) is 43.0. The first-order valence-electron chi connectivity index (χ1n) is 1.55. The third-order valence-electron chi connectivity index (χ3n) is 0. The van der Waals surface area contributed by atoms with Gasteiger partial charge in [0.05, 0.1) is 0 Å². The molecular formula is H15B2N3O6. The maximum absolute atomic E-state index is 7.17. The molecule has 9 nitrogen and oxygen atoms in total. The van der Waals surface area contributed by atoms with E-state index in [1.165, 1.54) is 0 Å². The predicted molar refractivity (Wildman–Crippen MR) is 39.9 cm³/mol. The highest BCUT2D eigenvalue weighted by Gasteiger charge is 1.93. The molecule has 11 heavy (non-hydrogen) atoms. The van der Waals surface area contributed by atoms with Crippen molar-refractivity contribution >= 4 is 14.6 Å². The van der Waals surface area contributed by atoms with Crippen LogP contribution in [-0.2, 0) is 0 Å². The van der Waals surface area contributed by atoms with E-state index in [2.05, 4.69) is 0 Å². The zero-order chi connectivity index (χ0) is 7.15. The summed E-state index contributed by atoms with van der Waals surface area (Å²) in [5.41, 5.74) is 0. The van der Waals surface area contributed by atoms with Crippen molar-refractivity contribution in [3.63, 3.8) is 0 Å². The van der Waals surface area contributed by atoms with E-state index in [1.54, 1.807) is 0 Å². The maximum atomic E-state index is 7.17. The third kappa shape index (κ3) is 11100. The summed E-state index contributed by atoms with van der Waals surface area (Å²) in [6.45, 7) is 0. The highest BCUT2D eigenvalue weighted by atomic mass is 16.5. The molecule has 0 spiro atoms. The van der Waals surface area contributed by atoms with Crippen LogP contribution >= 0.6 is 0 Å². The van der Waals surface area contributed by atoms with E-state index in [1.807, 2.05) is 0 Å². The van der Waals surface area contributed by atoms with Crippen molar-refractivity contribution in [1.29, 1.82) is 0 Å². The molecule has 0 aromatic heterocycles. The summed E-state index contributed by atoms with van der Waals surface area (Å²) in [6, 6.07) is 0. The Morgan fingerprint density at radius 2 is 0.455 bits per heavy atom. The van der Waals surface area contributed by atoms with E-state index in [9.17, 15) is 0 Å². The average molecular weight is 175 g/mol. The Morgan fingerprint density at radius 3 is 0.455 bits per heavy atom. The van der Waals surface area contributed by atoms with E-state index < -0.39 is 14.6 Å². The molecule has 0 saturated heterocycles. The van der Waals surface area contributed by atoms with Crippen LogP contribution in [0.3, 0.4) is 0 Å². The molecule has 15 N–H and O–H groups in total. The molecule has 0 atom stereocenters. The zero-order valence-electron chi connectivity index (χ0n) is 5.96. The lowest BCUT2D eigenvalue weighted by Gasteiger charge is -1.69. The molecule has 0 amide bonds. The van der Waals surface area contributed by atoms with Gasteiger partial charge in [-0.2, -0.15) is 0 Å². The Balaban J connectivity index is -0.0000000171. The van der Waals surface area contributed by atoms with Gasteiger partial charge in [-0.25, -0.2) is 0 Å². The Kier molecular flexibility index (Phi) is 63.4. The van der Waals surface area contributed by atoms with Gasteiger partial charge in [0.25, 0.3) is 0 Å². The van der Waals surface area contributed by atoms with Crippen molar-refractivity contribution in [3.05, 3.63) is 0 Å². The van der Waals surface area contributed by atoms with Crippen LogP contribution in [0, 0.1) is 0 Å². The van der Waals surface area contributed by atoms with Crippen LogP contribution in [0.4, 0.5) is 0 Å². The summed E-state index contributed by atoms with van der Waals surface area (Å²) in [7, 11) is -4.33. The molecule has 72 valence electrons. The molecular weight excluding hydrogens is 160 g/mol. The molecule has 0 rings (SSSR count). The summed E-state index contributed by atoms with van der Waals surface area (Å²) in [6.07, 6.45) is 0. The van der Waals surface area contributed by atoms with E-state index in [0.717, 1.165) is 0 Å². The molecule has 0 radical (unpaired) electrons. The maximum Gasteiger partial charge on any atom is 0.631 e. The second-order valence-corrected chi connectivity index (χ2v) is 0.693. The largest absolute Gasteiger partial charge is 0.631 e. The van der Waals surface area contributed by atoms with Crippen LogP contribution in [0.2, 0.25) is 0 Å². The van der Waals surface area contributed by atoms with Gasteiger partial charge in [-0.15, -0.1) is 0 Å². The summed E-state index contributed by atoms with van der Waals surface area (Å²) in [4.78, 5) is 0. The molecule has 0 aliphatic heterocycles. The minimum absolute atomic E-state index is 0. The third-order valence-corrected chi connectivity index (χ3v) is 0. The van der Waals surface area contributed by atoms with E-state index in [4.69, 9.17) is 30.1 Å².